The van der Waals surface area contributed by atoms with Crippen LogP contribution in [0.25, 0.3) is 0 Å². The van der Waals surface area contributed by atoms with Gasteiger partial charge in [-0.1, -0.05) is 0 Å². The molecule has 140 valence electrons. The van der Waals surface area contributed by atoms with E-state index in [2.05, 4.69) is 10.3 Å². The van der Waals surface area contributed by atoms with Crippen molar-refractivity contribution in [1.82, 2.24) is 10.2 Å². The fourth-order valence-corrected chi connectivity index (χ4v) is 2.44. The SMILES string of the molecule is CCOCCCNC(N)=NCC1CCN(C(=O)OC(C)(C)C)CC1. The van der Waals surface area contributed by atoms with Gasteiger partial charge in [-0.25, -0.2) is 4.79 Å². The van der Waals surface area contributed by atoms with E-state index in [1.165, 1.54) is 0 Å². The molecule has 1 fully saturated rings. The minimum Gasteiger partial charge on any atom is -0.444 e. The number of hydrogen-bond acceptors (Lipinski definition) is 4. The van der Waals surface area contributed by atoms with Crippen LogP contribution in [0.4, 0.5) is 4.79 Å². The van der Waals surface area contributed by atoms with E-state index in [1.54, 1.807) is 4.90 Å². The average Bonchev–Trinajstić information content (AvgIpc) is 2.51. The van der Waals surface area contributed by atoms with Gasteiger partial charge in [0.05, 0.1) is 0 Å². The summed E-state index contributed by atoms with van der Waals surface area (Å²) in [6.07, 6.45) is 2.55. The van der Waals surface area contributed by atoms with Crippen LogP contribution in [0.15, 0.2) is 4.99 Å². The average molecular weight is 342 g/mol. The van der Waals surface area contributed by atoms with Gasteiger partial charge in [-0.15, -0.1) is 0 Å². The molecule has 1 aliphatic rings. The van der Waals surface area contributed by atoms with Crippen LogP contribution >= 0.6 is 0 Å². The number of nitrogens with two attached hydrogens (primary N) is 1. The van der Waals surface area contributed by atoms with E-state index in [9.17, 15) is 4.79 Å². The van der Waals surface area contributed by atoms with E-state index in [0.29, 0.717) is 18.4 Å². The fourth-order valence-electron chi connectivity index (χ4n) is 2.44. The normalized spacial score (nSPS) is 17.0. The number of carbonyl (C=O) groups is 1. The maximum absolute atomic E-state index is 12.0. The number of rotatable bonds is 7. The van der Waals surface area contributed by atoms with Crippen LogP contribution in [0.2, 0.25) is 0 Å². The molecule has 7 heteroatoms. The topological polar surface area (TPSA) is 89.2 Å². The Labute approximate surface area is 146 Å². The summed E-state index contributed by atoms with van der Waals surface area (Å²) in [6, 6.07) is 0. The van der Waals surface area contributed by atoms with Gasteiger partial charge in [0, 0.05) is 39.4 Å². The monoisotopic (exact) mass is 342 g/mol. The number of hydrogen-bond donors (Lipinski definition) is 2. The molecule has 0 atom stereocenters. The Morgan fingerprint density at radius 2 is 2.00 bits per heavy atom. The van der Waals surface area contributed by atoms with Gasteiger partial charge < -0.3 is 25.4 Å². The zero-order valence-corrected chi connectivity index (χ0v) is 15.6. The number of guanidine groups is 1. The number of nitrogens with zero attached hydrogens (tertiary/aromatic N) is 2. The predicted molar refractivity (Wildman–Crippen MR) is 96.1 cm³/mol. The van der Waals surface area contributed by atoms with Gasteiger partial charge in [-0.05, 0) is 52.9 Å². The van der Waals surface area contributed by atoms with E-state index in [0.717, 1.165) is 52.1 Å². The third-order valence-electron chi connectivity index (χ3n) is 3.76. The summed E-state index contributed by atoms with van der Waals surface area (Å²) >= 11 is 0. The fraction of sp³-hybridized carbons (Fsp3) is 0.882. The molecule has 3 N–H and O–H groups in total. The molecular weight excluding hydrogens is 308 g/mol. The van der Waals surface area contributed by atoms with Crippen molar-refractivity contribution in [1.29, 1.82) is 0 Å². The molecule has 0 aromatic carbocycles. The van der Waals surface area contributed by atoms with Crippen molar-refractivity contribution in [3.8, 4) is 0 Å². The minimum absolute atomic E-state index is 0.222. The molecule has 1 aliphatic heterocycles. The molecule has 1 amide bonds. The Bertz CT molecular complexity index is 399. The summed E-state index contributed by atoms with van der Waals surface area (Å²) in [5.74, 6) is 0.952. The summed E-state index contributed by atoms with van der Waals surface area (Å²) in [5, 5.41) is 3.10. The molecule has 0 spiro atoms. The summed E-state index contributed by atoms with van der Waals surface area (Å²) in [4.78, 5) is 18.2. The van der Waals surface area contributed by atoms with E-state index in [-0.39, 0.29) is 6.09 Å². The van der Waals surface area contributed by atoms with Gasteiger partial charge in [-0.2, -0.15) is 0 Å². The molecule has 0 bridgehead atoms. The van der Waals surface area contributed by atoms with Gasteiger partial charge in [0.2, 0.25) is 0 Å². The van der Waals surface area contributed by atoms with Gasteiger partial charge >= 0.3 is 6.09 Å². The number of ether oxygens (including phenoxy) is 2. The van der Waals surface area contributed by atoms with Gasteiger partial charge in [0.25, 0.3) is 0 Å². The second-order valence-electron chi connectivity index (χ2n) is 7.11. The second kappa shape index (κ2) is 10.4. The Balaban J connectivity index is 2.21. The van der Waals surface area contributed by atoms with Crippen LogP contribution in [-0.2, 0) is 9.47 Å². The molecule has 0 aromatic heterocycles. The summed E-state index contributed by atoms with van der Waals surface area (Å²) in [7, 11) is 0. The second-order valence-corrected chi connectivity index (χ2v) is 7.11. The van der Waals surface area contributed by atoms with Crippen molar-refractivity contribution >= 4 is 12.1 Å². The van der Waals surface area contributed by atoms with E-state index in [4.69, 9.17) is 15.2 Å². The van der Waals surface area contributed by atoms with E-state index in [1.807, 2.05) is 27.7 Å². The van der Waals surface area contributed by atoms with Crippen LogP contribution in [-0.4, -0.2) is 61.9 Å². The third kappa shape index (κ3) is 8.96. The number of carbonyl (C=O) groups excluding carboxylic acids is 1. The molecule has 0 aromatic rings. The van der Waals surface area contributed by atoms with Crippen LogP contribution in [0.1, 0.15) is 47.0 Å². The highest BCUT2D eigenvalue weighted by Crippen LogP contribution is 2.19. The lowest BCUT2D eigenvalue weighted by Gasteiger charge is -2.33. The molecule has 0 radical (unpaired) electrons. The first-order valence-corrected chi connectivity index (χ1v) is 8.91. The summed E-state index contributed by atoms with van der Waals surface area (Å²) < 4.78 is 10.7. The van der Waals surface area contributed by atoms with Crippen molar-refractivity contribution in [2.24, 2.45) is 16.6 Å². The molecule has 0 unspecified atom stereocenters. The highest BCUT2D eigenvalue weighted by Gasteiger charge is 2.26. The molecule has 0 aliphatic carbocycles. The van der Waals surface area contributed by atoms with Crippen LogP contribution in [0.3, 0.4) is 0 Å². The zero-order chi connectivity index (χ0) is 18.0. The third-order valence-corrected chi connectivity index (χ3v) is 3.76. The number of likely N-dealkylation sites (tertiary alicyclic amines) is 1. The molecule has 7 nitrogen and oxygen atoms in total. The number of amides is 1. The van der Waals surface area contributed by atoms with Crippen molar-refractivity contribution in [3.63, 3.8) is 0 Å². The first-order chi connectivity index (χ1) is 11.3. The molecule has 24 heavy (non-hydrogen) atoms. The summed E-state index contributed by atoms with van der Waals surface area (Å²) in [6.45, 7) is 12.0. The van der Waals surface area contributed by atoms with Crippen molar-refractivity contribution in [2.45, 2.75) is 52.6 Å². The maximum atomic E-state index is 12.0. The minimum atomic E-state index is -0.444. The lowest BCUT2D eigenvalue weighted by Crippen LogP contribution is -2.42. The van der Waals surface area contributed by atoms with E-state index >= 15 is 0 Å². The Morgan fingerprint density at radius 3 is 2.58 bits per heavy atom. The summed E-state index contributed by atoms with van der Waals surface area (Å²) in [5.41, 5.74) is 5.42. The maximum Gasteiger partial charge on any atom is 0.410 e. The lowest BCUT2D eigenvalue weighted by atomic mass is 9.97. The lowest BCUT2D eigenvalue weighted by molar-refractivity contribution is 0.0187. The molecule has 1 rings (SSSR count). The van der Waals surface area contributed by atoms with Gasteiger partial charge in [0.1, 0.15) is 5.60 Å². The molecule has 1 saturated heterocycles. The highest BCUT2D eigenvalue weighted by atomic mass is 16.6. The first kappa shape index (κ1) is 20.5. The quantitative estimate of drug-likeness (QED) is 0.419. The zero-order valence-electron chi connectivity index (χ0n) is 15.6. The molecular formula is C17H34N4O3. The Kier molecular flexibility index (Phi) is 8.89. The van der Waals surface area contributed by atoms with Gasteiger partial charge in [-0.3, -0.25) is 4.99 Å². The van der Waals surface area contributed by atoms with Crippen LogP contribution in [0.5, 0.6) is 0 Å². The van der Waals surface area contributed by atoms with Crippen molar-refractivity contribution < 1.29 is 14.3 Å². The number of nitrogens with one attached hydrogen (secondary N) is 1. The Hall–Kier alpha value is -1.50. The Morgan fingerprint density at radius 1 is 1.33 bits per heavy atom. The van der Waals surface area contributed by atoms with E-state index < -0.39 is 5.60 Å². The van der Waals surface area contributed by atoms with Crippen LogP contribution in [0, 0.1) is 5.92 Å². The van der Waals surface area contributed by atoms with Crippen molar-refractivity contribution in [2.75, 3.05) is 39.4 Å². The highest BCUT2D eigenvalue weighted by molar-refractivity contribution is 5.77. The number of aliphatic imine (C=N–C) groups is 1. The smallest absolute Gasteiger partial charge is 0.410 e. The molecule has 0 saturated carbocycles. The molecule has 1 heterocycles. The largest absolute Gasteiger partial charge is 0.444 e. The van der Waals surface area contributed by atoms with Crippen molar-refractivity contribution in [3.05, 3.63) is 0 Å². The van der Waals surface area contributed by atoms with Gasteiger partial charge in [0.15, 0.2) is 5.96 Å². The number of piperidine rings is 1. The first-order valence-electron chi connectivity index (χ1n) is 8.91. The predicted octanol–water partition coefficient (Wildman–Crippen LogP) is 1.96. The standard InChI is InChI=1S/C17H34N4O3/c1-5-23-12-6-9-19-15(18)20-13-14-7-10-21(11-8-14)16(22)24-17(2,3)4/h14H,5-13H2,1-4H3,(H3,18,19,20). The van der Waals surface area contributed by atoms with Crippen LogP contribution < -0.4 is 11.1 Å².